The van der Waals surface area contributed by atoms with Crippen molar-refractivity contribution in [2.45, 2.75) is 44.9 Å². The van der Waals surface area contributed by atoms with E-state index < -0.39 is 0 Å². The second-order valence-electron chi connectivity index (χ2n) is 7.54. The van der Waals surface area contributed by atoms with Gasteiger partial charge in [-0.2, -0.15) is 0 Å². The fraction of sp³-hybridized carbons (Fsp3) is 0.524. The summed E-state index contributed by atoms with van der Waals surface area (Å²) in [5.41, 5.74) is 3.30. The lowest BCUT2D eigenvalue weighted by molar-refractivity contribution is 0.131. The van der Waals surface area contributed by atoms with Gasteiger partial charge in [-0.15, -0.1) is 0 Å². The monoisotopic (exact) mass is 365 g/mol. The lowest BCUT2D eigenvalue weighted by Crippen LogP contribution is -2.48. The van der Waals surface area contributed by atoms with Crippen LogP contribution < -0.4 is 0 Å². The number of aryl methyl sites for hydroxylation is 1. The van der Waals surface area contributed by atoms with Gasteiger partial charge in [0.05, 0.1) is 5.69 Å². The third-order valence-corrected chi connectivity index (χ3v) is 5.71. The quantitative estimate of drug-likeness (QED) is 0.815. The van der Waals surface area contributed by atoms with Crippen molar-refractivity contribution in [3.63, 3.8) is 0 Å². The van der Waals surface area contributed by atoms with E-state index in [1.807, 2.05) is 35.1 Å². The van der Waals surface area contributed by atoms with Gasteiger partial charge >= 0.3 is 6.03 Å². The summed E-state index contributed by atoms with van der Waals surface area (Å²) in [4.78, 5) is 30.1. The van der Waals surface area contributed by atoms with E-state index in [-0.39, 0.29) is 6.03 Å². The molecule has 0 aromatic carbocycles. The summed E-state index contributed by atoms with van der Waals surface area (Å²) in [6.45, 7) is 5.37. The molecule has 2 amide bonds. The first-order valence-electron chi connectivity index (χ1n) is 10.00. The van der Waals surface area contributed by atoms with Crippen molar-refractivity contribution < 1.29 is 4.79 Å². The van der Waals surface area contributed by atoms with Crippen LogP contribution in [0.15, 0.2) is 30.7 Å². The van der Waals surface area contributed by atoms with Crippen molar-refractivity contribution in [2.75, 3.05) is 26.2 Å². The number of pyridine rings is 1. The van der Waals surface area contributed by atoms with E-state index in [0.717, 1.165) is 74.5 Å². The normalized spacial score (nSPS) is 18.6. The highest BCUT2D eigenvalue weighted by molar-refractivity contribution is 5.74. The Morgan fingerprint density at radius 2 is 1.67 bits per heavy atom. The minimum Gasteiger partial charge on any atom is -0.325 e. The first-order chi connectivity index (χ1) is 13.2. The highest BCUT2D eigenvalue weighted by Crippen LogP contribution is 2.34. The maximum atomic E-state index is 12.8. The molecule has 0 radical (unpaired) electrons. The van der Waals surface area contributed by atoms with Crippen LogP contribution in [0.1, 0.15) is 49.5 Å². The molecule has 2 aromatic heterocycles. The van der Waals surface area contributed by atoms with Crippen molar-refractivity contribution in [1.82, 2.24) is 24.8 Å². The SMILES string of the molecule is Cc1ncc(-c2ccncc2)c(C2CCN(C(=O)N3CCCCC3)CC2)n1. The van der Waals surface area contributed by atoms with Crippen LogP contribution in [0.4, 0.5) is 4.79 Å². The molecule has 4 rings (SSSR count). The topological polar surface area (TPSA) is 62.2 Å². The number of aromatic nitrogens is 3. The first kappa shape index (κ1) is 17.9. The Kier molecular flexibility index (Phi) is 5.32. The predicted molar refractivity (Wildman–Crippen MR) is 104 cm³/mol. The molecule has 2 fully saturated rings. The molecule has 142 valence electrons. The highest BCUT2D eigenvalue weighted by atomic mass is 16.2. The highest BCUT2D eigenvalue weighted by Gasteiger charge is 2.29. The molecule has 0 spiro atoms. The van der Waals surface area contributed by atoms with Crippen LogP contribution in [0.2, 0.25) is 0 Å². The number of amides is 2. The second kappa shape index (κ2) is 8.03. The van der Waals surface area contributed by atoms with E-state index in [1.165, 1.54) is 6.42 Å². The zero-order valence-electron chi connectivity index (χ0n) is 16.0. The number of likely N-dealkylation sites (tertiary alicyclic amines) is 2. The molecule has 2 saturated heterocycles. The molecule has 6 heteroatoms. The lowest BCUT2D eigenvalue weighted by Gasteiger charge is -2.37. The second-order valence-corrected chi connectivity index (χ2v) is 7.54. The average Bonchev–Trinajstić information content (AvgIpc) is 2.74. The summed E-state index contributed by atoms with van der Waals surface area (Å²) in [5.74, 6) is 1.16. The minimum atomic E-state index is 0.223. The fourth-order valence-corrected chi connectivity index (χ4v) is 4.18. The van der Waals surface area contributed by atoms with E-state index in [0.29, 0.717) is 5.92 Å². The van der Waals surface area contributed by atoms with Crippen molar-refractivity contribution in [1.29, 1.82) is 0 Å². The van der Waals surface area contributed by atoms with Crippen molar-refractivity contribution in [3.05, 3.63) is 42.2 Å². The maximum Gasteiger partial charge on any atom is 0.319 e. The number of nitrogens with zero attached hydrogens (tertiary/aromatic N) is 5. The summed E-state index contributed by atoms with van der Waals surface area (Å²) < 4.78 is 0. The largest absolute Gasteiger partial charge is 0.325 e. The van der Waals surface area contributed by atoms with Gasteiger partial charge in [0.25, 0.3) is 0 Å². The fourth-order valence-electron chi connectivity index (χ4n) is 4.18. The summed E-state index contributed by atoms with van der Waals surface area (Å²) in [6.07, 6.45) is 11.0. The average molecular weight is 365 g/mol. The maximum absolute atomic E-state index is 12.8. The summed E-state index contributed by atoms with van der Waals surface area (Å²) in [5, 5.41) is 0. The van der Waals surface area contributed by atoms with Crippen LogP contribution in [-0.4, -0.2) is 57.0 Å². The Balaban J connectivity index is 1.48. The molecule has 0 saturated carbocycles. The van der Waals surface area contributed by atoms with Gasteiger partial charge in [-0.1, -0.05) is 0 Å². The van der Waals surface area contributed by atoms with Crippen molar-refractivity contribution in [3.8, 4) is 11.1 Å². The van der Waals surface area contributed by atoms with Gasteiger partial charge in [0, 0.05) is 56.3 Å². The molecule has 6 nitrogen and oxygen atoms in total. The van der Waals surface area contributed by atoms with Gasteiger partial charge in [-0.25, -0.2) is 14.8 Å². The number of carbonyl (C=O) groups excluding carboxylic acids is 1. The Bertz CT molecular complexity index is 780. The Morgan fingerprint density at radius 1 is 1.00 bits per heavy atom. The third-order valence-electron chi connectivity index (χ3n) is 5.71. The number of carbonyl (C=O) groups is 1. The van der Waals surface area contributed by atoms with Gasteiger partial charge in [-0.05, 0) is 56.7 Å². The summed E-state index contributed by atoms with van der Waals surface area (Å²) in [7, 11) is 0. The van der Waals surface area contributed by atoms with Crippen LogP contribution in [-0.2, 0) is 0 Å². The standard InChI is InChI=1S/C21H27N5O/c1-16-23-15-19(17-5-9-22-10-6-17)20(24-16)18-7-13-26(14-8-18)21(27)25-11-3-2-4-12-25/h5-6,9-10,15,18H,2-4,7-8,11-14H2,1H3. The molecule has 0 N–H and O–H groups in total. The van der Waals surface area contributed by atoms with E-state index in [4.69, 9.17) is 4.98 Å². The van der Waals surface area contributed by atoms with Gasteiger partial charge in [-0.3, -0.25) is 4.98 Å². The third kappa shape index (κ3) is 3.94. The van der Waals surface area contributed by atoms with Crippen LogP contribution in [0, 0.1) is 6.92 Å². The molecule has 2 aromatic rings. The van der Waals surface area contributed by atoms with E-state index in [1.54, 1.807) is 12.4 Å². The van der Waals surface area contributed by atoms with Gasteiger partial charge < -0.3 is 9.80 Å². The first-order valence-corrected chi connectivity index (χ1v) is 10.00. The molecule has 27 heavy (non-hydrogen) atoms. The number of piperidine rings is 2. The van der Waals surface area contributed by atoms with Crippen LogP contribution in [0.25, 0.3) is 11.1 Å². The molecule has 0 unspecified atom stereocenters. The smallest absolute Gasteiger partial charge is 0.319 e. The summed E-state index contributed by atoms with van der Waals surface area (Å²) in [6, 6.07) is 4.24. The van der Waals surface area contributed by atoms with Gasteiger partial charge in [0.2, 0.25) is 0 Å². The van der Waals surface area contributed by atoms with E-state index in [9.17, 15) is 4.79 Å². The van der Waals surface area contributed by atoms with Crippen LogP contribution >= 0.6 is 0 Å². The van der Waals surface area contributed by atoms with Crippen molar-refractivity contribution >= 4 is 6.03 Å². The molecule has 2 aliphatic rings. The molecule has 4 heterocycles. The van der Waals surface area contributed by atoms with E-state index in [2.05, 4.69) is 9.97 Å². The summed E-state index contributed by atoms with van der Waals surface area (Å²) >= 11 is 0. The Morgan fingerprint density at radius 3 is 2.37 bits per heavy atom. The lowest BCUT2D eigenvalue weighted by atomic mass is 9.89. The van der Waals surface area contributed by atoms with Crippen LogP contribution in [0.5, 0.6) is 0 Å². The molecule has 0 bridgehead atoms. The Hall–Kier alpha value is -2.50. The van der Waals surface area contributed by atoms with Crippen molar-refractivity contribution in [2.24, 2.45) is 0 Å². The number of hydrogen-bond donors (Lipinski definition) is 0. The van der Waals surface area contributed by atoms with E-state index >= 15 is 0 Å². The molecular weight excluding hydrogens is 338 g/mol. The van der Waals surface area contributed by atoms with Gasteiger partial charge in [0.1, 0.15) is 5.82 Å². The molecule has 0 atom stereocenters. The van der Waals surface area contributed by atoms with Crippen LogP contribution in [0.3, 0.4) is 0 Å². The predicted octanol–water partition coefficient (Wildman–Crippen LogP) is 3.63. The van der Waals surface area contributed by atoms with Gasteiger partial charge in [0.15, 0.2) is 0 Å². The molecular formula is C21H27N5O. The zero-order chi connectivity index (χ0) is 18.6. The number of urea groups is 1. The zero-order valence-corrected chi connectivity index (χ0v) is 16.0. The number of rotatable bonds is 2. The Labute approximate surface area is 160 Å². The minimum absolute atomic E-state index is 0.223. The molecule has 2 aliphatic heterocycles. The number of hydrogen-bond acceptors (Lipinski definition) is 4. The molecule has 0 aliphatic carbocycles.